The van der Waals surface area contributed by atoms with Crippen molar-refractivity contribution in [3.05, 3.63) is 47.5 Å². The molecule has 196 valence electrons. The van der Waals surface area contributed by atoms with Gasteiger partial charge in [0, 0.05) is 20.0 Å². The van der Waals surface area contributed by atoms with Gasteiger partial charge in [0.25, 0.3) is 5.91 Å². The van der Waals surface area contributed by atoms with Crippen molar-refractivity contribution in [1.29, 1.82) is 0 Å². The van der Waals surface area contributed by atoms with Gasteiger partial charge in [-0.3, -0.25) is 14.5 Å². The zero-order chi connectivity index (χ0) is 26.2. The summed E-state index contributed by atoms with van der Waals surface area (Å²) in [5, 5.41) is 1.20. The maximum absolute atomic E-state index is 13.5. The molecule has 0 heterocycles. The molecule has 0 fully saturated rings. The second-order valence-corrected chi connectivity index (χ2v) is 11.1. The van der Waals surface area contributed by atoms with Crippen LogP contribution in [0.1, 0.15) is 79.2 Å². The summed E-state index contributed by atoms with van der Waals surface area (Å²) >= 11 is 0. The molecule has 0 spiro atoms. The molecule has 2 amide bonds. The van der Waals surface area contributed by atoms with E-state index in [9.17, 15) is 9.59 Å². The summed E-state index contributed by atoms with van der Waals surface area (Å²) in [6.45, 7) is 12.7. The highest BCUT2D eigenvalue weighted by atomic mass is 16.7. The van der Waals surface area contributed by atoms with Gasteiger partial charge in [-0.1, -0.05) is 69.2 Å². The van der Waals surface area contributed by atoms with Gasteiger partial charge in [0.2, 0.25) is 0 Å². The Morgan fingerprint density at radius 3 is 2.37 bits per heavy atom. The zero-order valence-electron chi connectivity index (χ0n) is 23.1. The lowest BCUT2D eigenvalue weighted by atomic mass is 9.69. The Balaban J connectivity index is 2.40. The van der Waals surface area contributed by atoms with Gasteiger partial charge in [-0.2, -0.15) is 0 Å². The van der Waals surface area contributed by atoms with Crippen molar-refractivity contribution in [3.8, 4) is 0 Å². The van der Waals surface area contributed by atoms with E-state index in [0.717, 1.165) is 37.7 Å². The predicted molar refractivity (Wildman–Crippen MR) is 141 cm³/mol. The first kappa shape index (κ1) is 28.9. The van der Waals surface area contributed by atoms with Crippen LogP contribution >= 0.6 is 0 Å². The highest BCUT2D eigenvalue weighted by Gasteiger charge is 2.37. The Hall–Kier alpha value is -2.34. The molecule has 6 heteroatoms. The third-order valence-electron chi connectivity index (χ3n) is 6.96. The molecule has 0 aromatic heterocycles. The van der Waals surface area contributed by atoms with Gasteiger partial charge in [-0.05, 0) is 63.4 Å². The maximum Gasteiger partial charge on any atom is 0.410 e. The summed E-state index contributed by atoms with van der Waals surface area (Å²) in [7, 11) is 3.04. The molecule has 1 aromatic rings. The molecule has 0 bridgehead atoms. The highest BCUT2D eigenvalue weighted by Crippen LogP contribution is 2.42. The number of hydrogen-bond donors (Lipinski definition) is 0. The topological polar surface area (TPSA) is 59.1 Å². The number of rotatable bonds is 10. The first-order valence-corrected chi connectivity index (χ1v) is 13.0. The van der Waals surface area contributed by atoms with Crippen LogP contribution in [0.5, 0.6) is 0 Å². The van der Waals surface area contributed by atoms with Gasteiger partial charge < -0.3 is 4.74 Å². The van der Waals surface area contributed by atoms with Crippen molar-refractivity contribution in [2.75, 3.05) is 20.7 Å². The summed E-state index contributed by atoms with van der Waals surface area (Å²) in [4.78, 5) is 33.8. The average molecular weight is 487 g/mol. The number of ether oxygens (including phenoxy) is 1. The molecule has 1 unspecified atom stereocenters. The first-order valence-electron chi connectivity index (χ1n) is 13.0. The van der Waals surface area contributed by atoms with Gasteiger partial charge in [0.05, 0.1) is 7.11 Å². The van der Waals surface area contributed by atoms with Gasteiger partial charge in [-0.25, -0.2) is 9.86 Å². The lowest BCUT2D eigenvalue weighted by molar-refractivity contribution is -0.174. The monoisotopic (exact) mass is 486 g/mol. The van der Waals surface area contributed by atoms with Gasteiger partial charge in [0.1, 0.15) is 11.6 Å². The Morgan fingerprint density at radius 2 is 1.83 bits per heavy atom. The van der Waals surface area contributed by atoms with Crippen LogP contribution in [-0.4, -0.2) is 54.3 Å². The van der Waals surface area contributed by atoms with E-state index in [1.54, 1.807) is 11.9 Å². The standard InChI is InChI=1S/C29H46N2O4/c1-9-22-18-23(10-2)21-29(6,20-22)16-17-31(27(33)35-28(3,4)5)25(26(32)30(7)34-8)19-24-14-12-11-13-15-24/h11-15,20,23,25H,9-10,16-19,21H2,1-8H3/t23?,25-,29+/m0/s1. The number of likely N-dealkylation sites (N-methyl/N-ethyl adjacent to an activating group) is 1. The van der Waals surface area contributed by atoms with E-state index in [4.69, 9.17) is 9.57 Å². The number of nitrogens with zero attached hydrogens (tertiary/aromatic N) is 2. The molecular formula is C29H46N2O4. The smallest absolute Gasteiger partial charge is 0.410 e. The number of hydroxylamine groups is 2. The summed E-state index contributed by atoms with van der Waals surface area (Å²) in [6.07, 6.45) is 7.55. The molecule has 0 saturated heterocycles. The molecule has 1 aliphatic carbocycles. The molecule has 6 nitrogen and oxygen atoms in total. The predicted octanol–water partition coefficient (Wildman–Crippen LogP) is 6.41. The van der Waals surface area contributed by atoms with Gasteiger partial charge in [0.15, 0.2) is 0 Å². The van der Waals surface area contributed by atoms with Crippen LogP contribution in [-0.2, 0) is 20.8 Å². The Bertz CT molecular complexity index is 861. The lowest BCUT2D eigenvalue weighted by Gasteiger charge is -2.40. The van der Waals surface area contributed by atoms with Crippen molar-refractivity contribution >= 4 is 12.0 Å². The molecule has 1 aromatic carbocycles. The highest BCUT2D eigenvalue weighted by molar-refractivity contribution is 5.85. The van der Waals surface area contributed by atoms with Crippen molar-refractivity contribution in [1.82, 2.24) is 9.96 Å². The van der Waals surface area contributed by atoms with Gasteiger partial charge in [-0.15, -0.1) is 0 Å². The summed E-state index contributed by atoms with van der Waals surface area (Å²) in [5.74, 6) is 0.378. The molecular weight excluding hydrogens is 440 g/mol. The minimum Gasteiger partial charge on any atom is -0.444 e. The average Bonchev–Trinajstić information content (AvgIpc) is 2.81. The van der Waals surface area contributed by atoms with Crippen molar-refractivity contribution in [2.45, 2.75) is 91.7 Å². The Labute approximate surface area is 212 Å². The maximum atomic E-state index is 13.5. The van der Waals surface area contributed by atoms with Crippen LogP contribution in [0.25, 0.3) is 0 Å². The van der Waals surface area contributed by atoms with Crippen LogP contribution in [0.4, 0.5) is 4.79 Å². The second-order valence-electron chi connectivity index (χ2n) is 11.1. The van der Waals surface area contributed by atoms with Crippen LogP contribution < -0.4 is 0 Å². The SMILES string of the molecule is CCC1=C[C@@](C)(CCN(C(=O)OC(C)(C)C)[C@@H](Cc2ccccc2)C(=O)N(C)OC)CC(CC)C1. The Kier molecular flexibility index (Phi) is 10.4. The second kappa shape index (κ2) is 12.6. The van der Waals surface area contributed by atoms with E-state index >= 15 is 0 Å². The van der Waals surface area contributed by atoms with Crippen molar-refractivity contribution in [3.63, 3.8) is 0 Å². The largest absolute Gasteiger partial charge is 0.444 e. The molecule has 0 N–H and O–H groups in total. The third-order valence-corrected chi connectivity index (χ3v) is 6.96. The fraction of sp³-hybridized carbons (Fsp3) is 0.655. The molecule has 0 radical (unpaired) electrons. The van der Waals surface area contributed by atoms with Crippen LogP contribution in [0.15, 0.2) is 42.0 Å². The number of carbonyl (C=O) groups excluding carboxylic acids is 2. The van der Waals surface area contributed by atoms with E-state index < -0.39 is 17.7 Å². The number of amides is 2. The molecule has 2 rings (SSSR count). The first-order chi connectivity index (χ1) is 16.4. The van der Waals surface area contributed by atoms with E-state index in [2.05, 4.69) is 26.8 Å². The van der Waals surface area contributed by atoms with E-state index in [0.29, 0.717) is 18.9 Å². The summed E-state index contributed by atoms with van der Waals surface area (Å²) < 4.78 is 5.80. The Morgan fingerprint density at radius 1 is 1.17 bits per heavy atom. The number of benzene rings is 1. The fourth-order valence-electron chi connectivity index (χ4n) is 4.96. The quantitative estimate of drug-likeness (QED) is 0.283. The van der Waals surface area contributed by atoms with Crippen LogP contribution in [0.3, 0.4) is 0 Å². The third kappa shape index (κ3) is 8.68. The van der Waals surface area contributed by atoms with Crippen molar-refractivity contribution < 1.29 is 19.2 Å². The number of carbonyl (C=O) groups is 2. The van der Waals surface area contributed by atoms with Gasteiger partial charge >= 0.3 is 6.09 Å². The molecule has 3 atom stereocenters. The minimum atomic E-state index is -0.735. The molecule has 35 heavy (non-hydrogen) atoms. The molecule has 0 aliphatic heterocycles. The van der Waals surface area contributed by atoms with Crippen molar-refractivity contribution in [2.24, 2.45) is 11.3 Å². The summed E-state index contributed by atoms with van der Waals surface area (Å²) in [5.41, 5.74) is 1.77. The van der Waals surface area contributed by atoms with Crippen LogP contribution in [0.2, 0.25) is 0 Å². The van der Waals surface area contributed by atoms with E-state index in [1.807, 2.05) is 51.1 Å². The lowest BCUT2D eigenvalue weighted by Crippen LogP contribution is -2.53. The summed E-state index contributed by atoms with van der Waals surface area (Å²) in [6, 6.07) is 9.05. The normalized spacial score (nSPS) is 21.1. The minimum absolute atomic E-state index is 0.0297. The number of allylic oxidation sites excluding steroid dienone is 2. The molecule has 0 saturated carbocycles. The van der Waals surface area contributed by atoms with E-state index in [1.165, 1.54) is 17.7 Å². The molecule has 1 aliphatic rings. The van der Waals surface area contributed by atoms with E-state index in [-0.39, 0.29) is 11.3 Å². The fourth-order valence-corrected chi connectivity index (χ4v) is 4.96. The number of hydrogen-bond acceptors (Lipinski definition) is 4. The zero-order valence-corrected chi connectivity index (χ0v) is 23.1. The van der Waals surface area contributed by atoms with Crippen LogP contribution in [0, 0.1) is 11.3 Å².